The molecular formula is C21H27N5. The van der Waals surface area contributed by atoms with Gasteiger partial charge in [-0.3, -0.25) is 10.00 Å². The van der Waals surface area contributed by atoms with Gasteiger partial charge in [0.25, 0.3) is 0 Å². The van der Waals surface area contributed by atoms with Crippen LogP contribution in [-0.4, -0.2) is 31.2 Å². The highest BCUT2D eigenvalue weighted by atomic mass is 15.2. The Balaban J connectivity index is 1.61. The molecule has 0 saturated carbocycles. The first-order chi connectivity index (χ1) is 12.7. The van der Waals surface area contributed by atoms with Gasteiger partial charge in [-0.05, 0) is 18.6 Å². The Morgan fingerprint density at radius 1 is 1.35 bits per heavy atom. The highest BCUT2D eigenvalue weighted by molar-refractivity contribution is 5.75. The fraction of sp³-hybridized carbons (Fsp3) is 0.429. The molecule has 1 N–H and O–H groups in total. The van der Waals surface area contributed by atoms with Gasteiger partial charge in [-0.25, -0.2) is 4.98 Å². The van der Waals surface area contributed by atoms with Crippen molar-refractivity contribution in [2.75, 3.05) is 6.54 Å². The van der Waals surface area contributed by atoms with E-state index in [9.17, 15) is 0 Å². The van der Waals surface area contributed by atoms with Crippen LogP contribution in [0.2, 0.25) is 0 Å². The molecule has 4 rings (SSSR count). The molecule has 1 atom stereocenters. The number of aromatic nitrogens is 4. The SMILES string of the molecule is C=CCn1c(CN2CCc3[nH]nc([C@@H](C)CC)c3C2)nc2ccccc21. The van der Waals surface area contributed by atoms with Gasteiger partial charge in [-0.15, -0.1) is 6.58 Å². The summed E-state index contributed by atoms with van der Waals surface area (Å²) in [5.74, 6) is 1.61. The zero-order chi connectivity index (χ0) is 18.1. The topological polar surface area (TPSA) is 49.7 Å². The van der Waals surface area contributed by atoms with E-state index in [1.54, 1.807) is 0 Å². The van der Waals surface area contributed by atoms with E-state index in [4.69, 9.17) is 4.98 Å². The number of rotatable bonds is 6. The Morgan fingerprint density at radius 2 is 2.19 bits per heavy atom. The van der Waals surface area contributed by atoms with Crippen molar-refractivity contribution in [1.82, 2.24) is 24.6 Å². The molecule has 0 amide bonds. The molecule has 0 aliphatic carbocycles. The van der Waals surface area contributed by atoms with E-state index in [1.165, 1.54) is 22.5 Å². The van der Waals surface area contributed by atoms with E-state index in [-0.39, 0.29) is 0 Å². The Kier molecular flexibility index (Phi) is 4.64. The number of nitrogens with one attached hydrogen (secondary N) is 1. The van der Waals surface area contributed by atoms with Crippen LogP contribution in [0.15, 0.2) is 36.9 Å². The summed E-state index contributed by atoms with van der Waals surface area (Å²) in [5, 5.41) is 7.87. The number of benzene rings is 1. The van der Waals surface area contributed by atoms with E-state index in [0.29, 0.717) is 5.92 Å². The molecular weight excluding hydrogens is 322 g/mol. The molecule has 3 heterocycles. The summed E-state index contributed by atoms with van der Waals surface area (Å²) in [5.41, 5.74) is 6.20. The van der Waals surface area contributed by atoms with Crippen LogP contribution in [0.1, 0.15) is 49.0 Å². The maximum Gasteiger partial charge on any atom is 0.124 e. The highest BCUT2D eigenvalue weighted by Crippen LogP contribution is 2.28. The molecule has 0 spiro atoms. The molecule has 0 unspecified atom stereocenters. The molecule has 136 valence electrons. The summed E-state index contributed by atoms with van der Waals surface area (Å²) in [6.45, 7) is 12.0. The quantitative estimate of drug-likeness (QED) is 0.684. The van der Waals surface area contributed by atoms with E-state index in [1.807, 2.05) is 6.08 Å². The van der Waals surface area contributed by atoms with Crippen molar-refractivity contribution >= 4 is 11.0 Å². The van der Waals surface area contributed by atoms with Crippen molar-refractivity contribution in [1.29, 1.82) is 0 Å². The zero-order valence-corrected chi connectivity index (χ0v) is 15.7. The predicted molar refractivity (Wildman–Crippen MR) is 105 cm³/mol. The highest BCUT2D eigenvalue weighted by Gasteiger charge is 2.25. The normalized spacial score (nSPS) is 15.9. The second-order valence-corrected chi connectivity index (χ2v) is 7.25. The standard InChI is InChI=1S/C21H27N5/c1-4-11-26-19-9-7-6-8-18(19)22-20(26)14-25-12-10-17-16(13-25)21(24-23-17)15(3)5-2/h4,6-9,15H,1,5,10-14H2,2-3H3,(H,23,24)/t15-/m0/s1. The monoisotopic (exact) mass is 349 g/mol. The van der Waals surface area contributed by atoms with Gasteiger partial charge in [0.05, 0.1) is 23.3 Å². The lowest BCUT2D eigenvalue weighted by molar-refractivity contribution is 0.235. The molecule has 26 heavy (non-hydrogen) atoms. The van der Waals surface area contributed by atoms with Crippen LogP contribution in [0.3, 0.4) is 0 Å². The number of hydrogen-bond donors (Lipinski definition) is 1. The average molecular weight is 349 g/mol. The van der Waals surface area contributed by atoms with Gasteiger partial charge in [-0.1, -0.05) is 32.1 Å². The molecule has 2 aromatic heterocycles. The molecule has 0 radical (unpaired) electrons. The molecule has 1 aliphatic rings. The molecule has 5 heteroatoms. The minimum Gasteiger partial charge on any atom is -0.323 e. The lowest BCUT2D eigenvalue weighted by Crippen LogP contribution is -2.31. The van der Waals surface area contributed by atoms with Crippen molar-refractivity contribution in [2.45, 2.75) is 52.2 Å². The first kappa shape index (κ1) is 17.0. The number of H-pyrrole nitrogens is 1. The largest absolute Gasteiger partial charge is 0.323 e. The van der Waals surface area contributed by atoms with Gasteiger partial charge in [0.2, 0.25) is 0 Å². The number of nitrogens with zero attached hydrogens (tertiary/aromatic N) is 4. The Bertz CT molecular complexity index is 920. The van der Waals surface area contributed by atoms with Crippen molar-refractivity contribution in [3.05, 3.63) is 59.7 Å². The average Bonchev–Trinajstić information content (AvgIpc) is 3.23. The Morgan fingerprint density at radius 3 is 3.00 bits per heavy atom. The molecule has 0 bridgehead atoms. The lowest BCUT2D eigenvalue weighted by Gasteiger charge is -2.27. The first-order valence-corrected chi connectivity index (χ1v) is 9.54. The maximum absolute atomic E-state index is 4.89. The number of allylic oxidation sites excluding steroid dienone is 1. The van der Waals surface area contributed by atoms with Crippen LogP contribution in [0.5, 0.6) is 0 Å². The number of aromatic amines is 1. The summed E-state index contributed by atoms with van der Waals surface area (Å²) in [6, 6.07) is 8.35. The van der Waals surface area contributed by atoms with Crippen LogP contribution in [-0.2, 0) is 26.1 Å². The molecule has 5 nitrogen and oxygen atoms in total. The van der Waals surface area contributed by atoms with E-state index in [2.05, 4.69) is 64.4 Å². The molecule has 1 aromatic carbocycles. The zero-order valence-electron chi connectivity index (χ0n) is 15.7. The summed E-state index contributed by atoms with van der Waals surface area (Å²) < 4.78 is 2.28. The Hall–Kier alpha value is -2.40. The van der Waals surface area contributed by atoms with E-state index < -0.39 is 0 Å². The third-order valence-electron chi connectivity index (χ3n) is 5.53. The number of fused-ring (bicyclic) bond motifs is 2. The minimum absolute atomic E-state index is 0.500. The summed E-state index contributed by atoms with van der Waals surface area (Å²) in [7, 11) is 0. The summed E-state index contributed by atoms with van der Waals surface area (Å²) in [6.07, 6.45) is 4.09. The van der Waals surface area contributed by atoms with Crippen molar-refractivity contribution in [3.63, 3.8) is 0 Å². The molecule has 0 fully saturated rings. The van der Waals surface area contributed by atoms with Crippen LogP contribution < -0.4 is 0 Å². The second-order valence-electron chi connectivity index (χ2n) is 7.25. The van der Waals surface area contributed by atoms with Gasteiger partial charge < -0.3 is 4.57 Å². The van der Waals surface area contributed by atoms with E-state index >= 15 is 0 Å². The van der Waals surface area contributed by atoms with Gasteiger partial charge in [0.1, 0.15) is 5.82 Å². The fourth-order valence-electron chi connectivity index (χ4n) is 3.89. The molecule has 1 aliphatic heterocycles. The van der Waals surface area contributed by atoms with Gasteiger partial charge >= 0.3 is 0 Å². The maximum atomic E-state index is 4.89. The van der Waals surface area contributed by atoms with E-state index in [0.717, 1.165) is 50.4 Å². The molecule has 0 saturated heterocycles. The fourth-order valence-corrected chi connectivity index (χ4v) is 3.89. The lowest BCUT2D eigenvalue weighted by atomic mass is 9.96. The third-order valence-corrected chi connectivity index (χ3v) is 5.53. The van der Waals surface area contributed by atoms with Crippen molar-refractivity contribution < 1.29 is 0 Å². The predicted octanol–water partition coefficient (Wildman–Crippen LogP) is 4.02. The van der Waals surface area contributed by atoms with Crippen LogP contribution in [0, 0.1) is 0 Å². The smallest absolute Gasteiger partial charge is 0.124 e. The van der Waals surface area contributed by atoms with Gasteiger partial charge in [0, 0.05) is 43.2 Å². The number of imidazole rings is 1. The van der Waals surface area contributed by atoms with Crippen LogP contribution >= 0.6 is 0 Å². The molecule has 3 aromatic rings. The third kappa shape index (κ3) is 2.97. The number of para-hydroxylation sites is 2. The Labute approximate surface area is 154 Å². The number of hydrogen-bond acceptors (Lipinski definition) is 3. The van der Waals surface area contributed by atoms with Gasteiger partial charge in [-0.2, -0.15) is 5.10 Å². The summed E-state index contributed by atoms with van der Waals surface area (Å²) >= 11 is 0. The first-order valence-electron chi connectivity index (χ1n) is 9.54. The van der Waals surface area contributed by atoms with Crippen molar-refractivity contribution in [3.8, 4) is 0 Å². The summed E-state index contributed by atoms with van der Waals surface area (Å²) in [4.78, 5) is 7.38. The van der Waals surface area contributed by atoms with Gasteiger partial charge in [0.15, 0.2) is 0 Å². The second kappa shape index (κ2) is 7.08. The minimum atomic E-state index is 0.500. The van der Waals surface area contributed by atoms with Crippen molar-refractivity contribution in [2.24, 2.45) is 0 Å². The van der Waals surface area contributed by atoms with Crippen LogP contribution in [0.25, 0.3) is 11.0 Å². The van der Waals surface area contributed by atoms with Crippen LogP contribution in [0.4, 0.5) is 0 Å².